The van der Waals surface area contributed by atoms with Gasteiger partial charge in [-0.05, 0) is 125 Å². The Hall–Kier alpha value is -9.63. The maximum Gasteiger partial charge on any atom is 0.338 e. The highest BCUT2D eigenvalue weighted by atomic mass is 19.1. The number of hydrogen-bond acceptors (Lipinski definition) is 14. The van der Waals surface area contributed by atoms with E-state index in [0.717, 1.165) is 58.1 Å². The first-order valence-electron chi connectivity index (χ1n) is 24.0. The molecule has 6 rings (SSSR count). The minimum absolute atomic E-state index is 0.0175. The van der Waals surface area contributed by atoms with Crippen LogP contribution in [0, 0.1) is 12.7 Å². The van der Waals surface area contributed by atoms with E-state index in [1.54, 1.807) is 36.4 Å². The molecule has 0 saturated carbocycles. The van der Waals surface area contributed by atoms with Crippen LogP contribution in [0.2, 0.25) is 0 Å². The molecule has 0 aliphatic rings. The summed E-state index contributed by atoms with van der Waals surface area (Å²) < 4.78 is 56.6. The summed E-state index contributed by atoms with van der Waals surface area (Å²) in [5.41, 5.74) is 7.67. The Kier molecular flexibility index (Phi) is 22.6. The van der Waals surface area contributed by atoms with Crippen molar-refractivity contribution in [2.75, 3.05) is 26.4 Å². The number of rotatable bonds is 25. The van der Waals surface area contributed by atoms with Gasteiger partial charge in [0.25, 0.3) is 0 Å². The lowest BCUT2D eigenvalue weighted by Crippen LogP contribution is -2.11. The molecule has 0 unspecified atom stereocenters. The Labute approximate surface area is 446 Å². The first-order chi connectivity index (χ1) is 37.1. The topological polar surface area (TPSA) is 176 Å². The molecule has 396 valence electrons. The van der Waals surface area contributed by atoms with Crippen LogP contribution in [0.5, 0.6) is 34.5 Å². The van der Waals surface area contributed by atoms with Crippen LogP contribution < -0.4 is 28.4 Å². The van der Waals surface area contributed by atoms with Gasteiger partial charge in [0.1, 0.15) is 17.2 Å². The van der Waals surface area contributed by atoms with E-state index in [1.807, 2.05) is 48.5 Å². The van der Waals surface area contributed by atoms with Gasteiger partial charge in [-0.15, -0.1) is 0 Å². The van der Waals surface area contributed by atoms with Crippen LogP contribution >= 0.6 is 0 Å². The molecule has 0 saturated heterocycles. The maximum absolute atomic E-state index is 14.7. The van der Waals surface area contributed by atoms with Gasteiger partial charge in [-0.1, -0.05) is 99.6 Å². The van der Waals surface area contributed by atoms with Gasteiger partial charge < -0.3 is 37.9 Å². The number of halogens is 1. The minimum atomic E-state index is -0.770. The van der Waals surface area contributed by atoms with Gasteiger partial charge in [0.05, 0.1) is 26.4 Å². The third kappa shape index (κ3) is 19.0. The first-order valence-corrected chi connectivity index (χ1v) is 24.0. The average molecular weight is 1050 g/mol. The molecule has 0 aliphatic heterocycles. The summed E-state index contributed by atoms with van der Waals surface area (Å²) in [4.78, 5) is 69.3. The zero-order valence-electron chi connectivity index (χ0n) is 42.7. The highest BCUT2D eigenvalue weighted by Gasteiger charge is 2.16. The molecule has 0 atom stereocenters. The van der Waals surface area contributed by atoms with Gasteiger partial charge >= 0.3 is 35.8 Å². The van der Waals surface area contributed by atoms with E-state index < -0.39 is 41.6 Å². The van der Waals surface area contributed by atoms with Crippen molar-refractivity contribution in [2.45, 2.75) is 39.5 Å². The van der Waals surface area contributed by atoms with Gasteiger partial charge in [0, 0.05) is 49.1 Å². The summed E-state index contributed by atoms with van der Waals surface area (Å²) in [6.07, 6.45) is 5.47. The fourth-order valence-corrected chi connectivity index (χ4v) is 6.87. The molecule has 15 heteroatoms. The van der Waals surface area contributed by atoms with Crippen LogP contribution in [0.25, 0.3) is 33.4 Å². The first kappa shape index (κ1) is 58.3. The van der Waals surface area contributed by atoms with Crippen molar-refractivity contribution < 1.29 is 71.1 Å². The summed E-state index contributed by atoms with van der Waals surface area (Å²) in [6, 6.07) is 37.4. The summed E-state index contributed by atoms with van der Waals surface area (Å²) >= 11 is 0. The molecule has 0 fully saturated rings. The second-order valence-electron chi connectivity index (χ2n) is 16.6. The lowest BCUT2D eigenvalue weighted by atomic mass is 9.96. The standard InChI is InChI=1S/C31H25FO8.C31H32O6/c1-5-28(33)39-26-14-7-20(17-27(26)40-29(34)6-2)8-16-30(35)38-25-15-11-22(18-24(25)32)21-9-12-23(13-10-21)37-31(36)19(3)4;1-4-30(32)36-20-6-18-34-27-13-8-24(9-14-27)26-12-17-29(23(3)22-26)25-10-15-28(16-11-25)35-19-7-21-37-31(33)5-2/h5-7,9-15,17-18H,1-3,8,16H2,4H3;4-5,8-17,22H,1-2,6-7,18-21H2,3H3. The van der Waals surface area contributed by atoms with Crippen molar-refractivity contribution in [3.8, 4) is 67.9 Å². The molecule has 0 radical (unpaired) electrons. The van der Waals surface area contributed by atoms with E-state index in [-0.39, 0.29) is 35.7 Å². The maximum atomic E-state index is 14.7. The lowest BCUT2D eigenvalue weighted by Gasteiger charge is -2.12. The molecular weight excluding hydrogens is 988 g/mol. The Morgan fingerprint density at radius 1 is 0.481 bits per heavy atom. The van der Waals surface area contributed by atoms with E-state index >= 15 is 0 Å². The van der Waals surface area contributed by atoms with Crippen molar-refractivity contribution in [1.29, 1.82) is 0 Å². The highest BCUT2D eigenvalue weighted by Crippen LogP contribution is 2.33. The average Bonchev–Trinajstić information content (AvgIpc) is 3.43. The lowest BCUT2D eigenvalue weighted by molar-refractivity contribution is -0.138. The summed E-state index contributed by atoms with van der Waals surface area (Å²) in [5, 5.41) is 0. The highest BCUT2D eigenvalue weighted by molar-refractivity contribution is 5.89. The van der Waals surface area contributed by atoms with E-state index in [0.29, 0.717) is 61.7 Å². The number of aryl methyl sites for hydroxylation is 2. The molecule has 0 heterocycles. The van der Waals surface area contributed by atoms with E-state index in [2.05, 4.69) is 58.0 Å². The fraction of sp³-hybridized carbons (Fsp3) is 0.161. The Morgan fingerprint density at radius 3 is 1.45 bits per heavy atom. The number of benzene rings is 6. The van der Waals surface area contributed by atoms with Crippen molar-refractivity contribution in [1.82, 2.24) is 0 Å². The number of carbonyl (C=O) groups excluding carboxylic acids is 6. The van der Waals surface area contributed by atoms with Gasteiger partial charge in [-0.25, -0.2) is 28.4 Å². The number of esters is 6. The number of ether oxygens (including phenoxy) is 8. The molecule has 14 nitrogen and oxygen atoms in total. The molecule has 0 aliphatic carbocycles. The van der Waals surface area contributed by atoms with Crippen LogP contribution in [0.3, 0.4) is 0 Å². The van der Waals surface area contributed by atoms with Gasteiger partial charge in [-0.3, -0.25) is 4.79 Å². The van der Waals surface area contributed by atoms with Crippen LogP contribution in [0.1, 0.15) is 37.3 Å². The van der Waals surface area contributed by atoms with Crippen molar-refractivity contribution in [3.63, 3.8) is 0 Å². The van der Waals surface area contributed by atoms with Gasteiger partial charge in [0.15, 0.2) is 23.1 Å². The fourth-order valence-electron chi connectivity index (χ4n) is 6.87. The largest absolute Gasteiger partial charge is 0.493 e. The van der Waals surface area contributed by atoms with E-state index in [9.17, 15) is 33.2 Å². The smallest absolute Gasteiger partial charge is 0.338 e. The molecule has 6 aromatic carbocycles. The molecule has 0 spiro atoms. The molecule has 0 amide bonds. The normalized spacial score (nSPS) is 10.2. The Balaban J connectivity index is 0.000000285. The molecular formula is C62H57FO14. The van der Waals surface area contributed by atoms with Crippen LogP contribution in [-0.4, -0.2) is 62.2 Å². The van der Waals surface area contributed by atoms with Gasteiger partial charge in [0.2, 0.25) is 0 Å². The number of hydrogen-bond donors (Lipinski definition) is 0. The van der Waals surface area contributed by atoms with E-state index in [4.69, 9.17) is 37.9 Å². The van der Waals surface area contributed by atoms with E-state index in [1.165, 1.54) is 36.8 Å². The Bertz CT molecular complexity index is 3100. The van der Waals surface area contributed by atoms with Crippen LogP contribution in [0.4, 0.5) is 4.39 Å². The summed E-state index contributed by atoms with van der Waals surface area (Å²) in [6.45, 7) is 22.1. The molecule has 6 aromatic rings. The third-order valence-corrected chi connectivity index (χ3v) is 10.8. The zero-order valence-corrected chi connectivity index (χ0v) is 42.7. The summed E-state index contributed by atoms with van der Waals surface area (Å²) in [5.74, 6) is -2.79. The van der Waals surface area contributed by atoms with Gasteiger partial charge in [-0.2, -0.15) is 0 Å². The summed E-state index contributed by atoms with van der Waals surface area (Å²) in [7, 11) is 0. The predicted molar refractivity (Wildman–Crippen MR) is 289 cm³/mol. The zero-order chi connectivity index (χ0) is 55.7. The van der Waals surface area contributed by atoms with Crippen molar-refractivity contribution >= 4 is 35.8 Å². The van der Waals surface area contributed by atoms with Crippen LogP contribution in [-0.2, 0) is 44.7 Å². The molecule has 77 heavy (non-hydrogen) atoms. The SMILES string of the molecule is C=CC(=O)OCCCOc1ccc(-c2ccc(-c3ccc(OCCCOC(=O)C=C)cc3)c(C)c2)cc1.C=CC(=O)Oc1ccc(CCC(=O)Oc2ccc(-c3ccc(OC(=O)C(=C)C)cc3)cc2F)cc1OC(=O)C=C. The molecule has 0 N–H and O–H groups in total. The second-order valence-corrected chi connectivity index (χ2v) is 16.6. The van der Waals surface area contributed by atoms with Crippen molar-refractivity contribution in [2.24, 2.45) is 0 Å². The predicted octanol–water partition coefficient (Wildman–Crippen LogP) is 12.0. The third-order valence-electron chi connectivity index (χ3n) is 10.8. The Morgan fingerprint density at radius 2 is 0.948 bits per heavy atom. The number of carbonyl (C=O) groups is 6. The molecule has 0 aromatic heterocycles. The quantitative estimate of drug-likeness (QED) is 0.0229. The second kappa shape index (κ2) is 29.9. The monoisotopic (exact) mass is 1040 g/mol. The van der Waals surface area contributed by atoms with Crippen molar-refractivity contribution in [3.05, 3.63) is 207 Å². The minimum Gasteiger partial charge on any atom is -0.493 e. The van der Waals surface area contributed by atoms with Crippen LogP contribution in [0.15, 0.2) is 190 Å². The molecule has 0 bridgehead atoms.